The van der Waals surface area contributed by atoms with Crippen molar-refractivity contribution in [3.63, 3.8) is 0 Å². The van der Waals surface area contributed by atoms with E-state index in [1.165, 1.54) is 48.8 Å². The van der Waals surface area contributed by atoms with Gasteiger partial charge in [-0.3, -0.25) is 14.7 Å². The number of benzene rings is 1. The third-order valence-corrected chi connectivity index (χ3v) is 6.20. The highest BCUT2D eigenvalue weighted by Crippen LogP contribution is 2.32. The molecule has 1 saturated carbocycles. The zero-order chi connectivity index (χ0) is 17.8. The van der Waals surface area contributed by atoms with Gasteiger partial charge in [0.2, 0.25) is 6.41 Å². The van der Waals surface area contributed by atoms with Crippen molar-refractivity contribution in [1.82, 2.24) is 4.90 Å². The van der Waals surface area contributed by atoms with Crippen LogP contribution < -0.4 is 4.90 Å². The Hall–Kier alpha value is -1.27. The molecule has 7 heteroatoms. The van der Waals surface area contributed by atoms with Gasteiger partial charge in [-0.25, -0.2) is 4.39 Å². The van der Waals surface area contributed by atoms with Crippen molar-refractivity contribution in [2.24, 2.45) is 4.99 Å². The van der Waals surface area contributed by atoms with E-state index >= 15 is 0 Å². The third kappa shape index (κ3) is 4.29. The summed E-state index contributed by atoms with van der Waals surface area (Å²) in [6.45, 7) is 0. The van der Waals surface area contributed by atoms with Crippen molar-refractivity contribution >= 4 is 40.6 Å². The predicted molar refractivity (Wildman–Crippen MR) is 103 cm³/mol. The quantitative estimate of drug-likeness (QED) is 0.566. The topological polar surface area (TPSA) is 35.9 Å². The summed E-state index contributed by atoms with van der Waals surface area (Å²) in [5.74, 6) is 0.205. The molecule has 1 aliphatic carbocycles. The molecule has 1 aromatic rings. The summed E-state index contributed by atoms with van der Waals surface area (Å²) in [5.41, 5.74) is 0.204. The molecule has 1 amide bonds. The van der Waals surface area contributed by atoms with Crippen molar-refractivity contribution in [1.29, 1.82) is 0 Å². The van der Waals surface area contributed by atoms with Crippen LogP contribution >= 0.6 is 23.4 Å². The maximum atomic E-state index is 14.2. The average molecular weight is 384 g/mol. The van der Waals surface area contributed by atoms with Gasteiger partial charge in [0, 0.05) is 17.8 Å². The number of rotatable bonds is 4. The van der Waals surface area contributed by atoms with E-state index in [4.69, 9.17) is 16.6 Å². The van der Waals surface area contributed by atoms with E-state index in [9.17, 15) is 9.18 Å². The molecule has 1 aliphatic heterocycles. The Morgan fingerprint density at radius 1 is 1.32 bits per heavy atom. The Balaban J connectivity index is 1.78. The van der Waals surface area contributed by atoms with Gasteiger partial charge in [0.05, 0.1) is 11.7 Å². The average Bonchev–Trinajstić information content (AvgIpc) is 2.80. The number of hydrogen-bond donors (Lipinski definition) is 0. The molecule has 1 atom stereocenters. The van der Waals surface area contributed by atoms with Crippen LogP contribution in [0.15, 0.2) is 23.2 Å². The fourth-order valence-electron chi connectivity index (χ4n) is 3.40. The maximum Gasteiger partial charge on any atom is 0.215 e. The van der Waals surface area contributed by atoms with Gasteiger partial charge in [-0.15, -0.1) is 0 Å². The lowest BCUT2D eigenvalue weighted by atomic mass is 10.1. The van der Waals surface area contributed by atoms with Crippen LogP contribution in [0.1, 0.15) is 38.5 Å². The summed E-state index contributed by atoms with van der Waals surface area (Å²) in [4.78, 5) is 20.0. The van der Waals surface area contributed by atoms with Crippen LogP contribution in [0.5, 0.6) is 0 Å². The van der Waals surface area contributed by atoms with E-state index in [1.54, 1.807) is 11.8 Å². The summed E-state index contributed by atoms with van der Waals surface area (Å²) in [6.07, 6.45) is 7.71. The molecule has 4 nitrogen and oxygen atoms in total. The Morgan fingerprint density at radius 2 is 2.04 bits per heavy atom. The van der Waals surface area contributed by atoms with Gasteiger partial charge in [0.15, 0.2) is 5.17 Å². The highest BCUT2D eigenvalue weighted by Gasteiger charge is 2.34. The summed E-state index contributed by atoms with van der Waals surface area (Å²) < 4.78 is 14.2. The van der Waals surface area contributed by atoms with Crippen LogP contribution in [0.4, 0.5) is 10.1 Å². The highest BCUT2D eigenvalue weighted by molar-refractivity contribution is 8.14. The summed E-state index contributed by atoms with van der Waals surface area (Å²) in [7, 11) is 1.92. The fraction of sp³-hybridized carbons (Fsp3) is 0.556. The van der Waals surface area contributed by atoms with Crippen molar-refractivity contribution in [3.8, 4) is 0 Å². The molecule has 0 N–H and O–H groups in total. The number of nitrogens with zero attached hydrogens (tertiary/aromatic N) is 3. The Kier molecular flexibility index (Phi) is 6.23. The molecule has 0 bridgehead atoms. The second-order valence-electron chi connectivity index (χ2n) is 6.57. The lowest BCUT2D eigenvalue weighted by Gasteiger charge is -2.31. The normalized spacial score (nSPS) is 23.7. The van der Waals surface area contributed by atoms with Crippen molar-refractivity contribution < 1.29 is 9.18 Å². The molecule has 136 valence electrons. The number of halogens is 2. The molecule has 0 aromatic heterocycles. The molecular weight excluding hydrogens is 361 g/mol. The first-order chi connectivity index (χ1) is 12.1. The van der Waals surface area contributed by atoms with Gasteiger partial charge in [-0.05, 0) is 31.0 Å². The standard InChI is InChI=1S/C18H23ClFN3OS/c1-22-17(23(12-24)16-10-13(19)8-9-15(16)20)11-25-18(22)21-14-6-4-2-3-5-7-14/h8-10,12,14,17H,2-7,11H2,1H3. The number of amidine groups is 1. The second-order valence-corrected chi connectivity index (χ2v) is 7.99. The molecule has 2 aliphatic rings. The van der Waals surface area contributed by atoms with Gasteiger partial charge in [-0.2, -0.15) is 0 Å². The van der Waals surface area contributed by atoms with Crippen LogP contribution in [-0.2, 0) is 4.79 Å². The number of hydrogen-bond acceptors (Lipinski definition) is 3. The lowest BCUT2D eigenvalue weighted by molar-refractivity contribution is -0.108. The highest BCUT2D eigenvalue weighted by atomic mass is 35.5. The molecule has 0 spiro atoms. The predicted octanol–water partition coefficient (Wildman–Crippen LogP) is 4.53. The van der Waals surface area contributed by atoms with Crippen molar-refractivity contribution in [3.05, 3.63) is 29.0 Å². The molecule has 1 aromatic carbocycles. The number of carbonyl (C=O) groups is 1. The second kappa shape index (κ2) is 8.41. The molecule has 1 unspecified atom stereocenters. The molecule has 1 saturated heterocycles. The molecule has 0 radical (unpaired) electrons. The van der Waals surface area contributed by atoms with Crippen LogP contribution in [0, 0.1) is 5.82 Å². The Bertz CT molecular complexity index is 649. The Morgan fingerprint density at radius 3 is 2.72 bits per heavy atom. The van der Waals surface area contributed by atoms with Gasteiger partial charge in [0.25, 0.3) is 0 Å². The Labute approximate surface area is 157 Å². The first-order valence-electron chi connectivity index (χ1n) is 8.72. The van der Waals surface area contributed by atoms with Gasteiger partial charge >= 0.3 is 0 Å². The minimum atomic E-state index is -0.455. The first-order valence-corrected chi connectivity index (χ1v) is 10.1. The zero-order valence-corrected chi connectivity index (χ0v) is 15.9. The van der Waals surface area contributed by atoms with Gasteiger partial charge < -0.3 is 4.90 Å². The van der Waals surface area contributed by atoms with Crippen LogP contribution in [0.25, 0.3) is 0 Å². The van der Waals surface area contributed by atoms with E-state index in [0.29, 0.717) is 23.2 Å². The van der Waals surface area contributed by atoms with Crippen LogP contribution in [0.3, 0.4) is 0 Å². The molecule has 2 fully saturated rings. The molecule has 3 rings (SSSR count). The smallest absolute Gasteiger partial charge is 0.215 e. The largest absolute Gasteiger partial charge is 0.333 e. The SMILES string of the molecule is CN1C(=NC2CCCCCC2)SCC1N(C=O)c1cc(Cl)ccc1F. The van der Waals surface area contributed by atoms with Gasteiger partial charge in [0.1, 0.15) is 12.0 Å². The van der Waals surface area contributed by atoms with E-state index in [1.807, 2.05) is 11.9 Å². The molecule has 25 heavy (non-hydrogen) atoms. The first kappa shape index (κ1) is 18.5. The van der Waals surface area contributed by atoms with Crippen molar-refractivity contribution in [2.75, 3.05) is 17.7 Å². The van der Waals surface area contributed by atoms with Crippen LogP contribution in [0.2, 0.25) is 5.02 Å². The van der Waals surface area contributed by atoms with Crippen LogP contribution in [-0.4, -0.2) is 41.5 Å². The monoisotopic (exact) mass is 383 g/mol. The van der Waals surface area contributed by atoms with Gasteiger partial charge in [-0.1, -0.05) is 49.0 Å². The zero-order valence-electron chi connectivity index (χ0n) is 14.3. The maximum absolute atomic E-state index is 14.2. The van der Waals surface area contributed by atoms with E-state index in [2.05, 4.69) is 0 Å². The van der Waals surface area contributed by atoms with E-state index < -0.39 is 5.82 Å². The minimum Gasteiger partial charge on any atom is -0.333 e. The van der Waals surface area contributed by atoms with Crippen molar-refractivity contribution in [2.45, 2.75) is 50.7 Å². The fourth-order valence-corrected chi connectivity index (χ4v) is 4.80. The van der Waals surface area contributed by atoms with E-state index in [-0.39, 0.29) is 11.9 Å². The minimum absolute atomic E-state index is 0.204. The number of amides is 1. The third-order valence-electron chi connectivity index (χ3n) is 4.85. The molecular formula is C18H23ClFN3OS. The number of anilines is 1. The lowest BCUT2D eigenvalue weighted by Crippen LogP contribution is -2.45. The number of aliphatic imine (C=N–C) groups is 1. The summed E-state index contributed by atoms with van der Waals surface area (Å²) in [5, 5.41) is 1.34. The summed E-state index contributed by atoms with van der Waals surface area (Å²) >= 11 is 7.61. The number of thioether (sulfide) groups is 1. The molecule has 1 heterocycles. The number of carbonyl (C=O) groups excluding carboxylic acids is 1. The van der Waals surface area contributed by atoms with E-state index in [0.717, 1.165) is 18.0 Å². The summed E-state index contributed by atoms with van der Waals surface area (Å²) in [6, 6.07) is 4.62.